The number of nitrogens with zero attached hydrogens (tertiary/aromatic N) is 1. The molecule has 0 radical (unpaired) electrons. The van der Waals surface area contributed by atoms with Crippen molar-refractivity contribution < 1.29 is 18.7 Å². The summed E-state index contributed by atoms with van der Waals surface area (Å²) in [7, 11) is 1.46. The van der Waals surface area contributed by atoms with Crippen LogP contribution >= 0.6 is 0 Å². The fourth-order valence-electron chi connectivity index (χ4n) is 2.65. The Morgan fingerprint density at radius 3 is 2.67 bits per heavy atom. The van der Waals surface area contributed by atoms with Crippen molar-refractivity contribution in [1.29, 1.82) is 0 Å². The van der Waals surface area contributed by atoms with E-state index in [1.165, 1.54) is 13.2 Å². The van der Waals surface area contributed by atoms with Crippen molar-refractivity contribution in [3.8, 4) is 5.75 Å². The van der Waals surface area contributed by atoms with Crippen LogP contribution in [0.5, 0.6) is 5.75 Å². The van der Waals surface area contributed by atoms with Crippen molar-refractivity contribution in [1.82, 2.24) is 4.90 Å². The monoisotopic (exact) mass is 295 g/mol. The minimum Gasteiger partial charge on any atom is -0.494 e. The summed E-state index contributed by atoms with van der Waals surface area (Å²) < 4.78 is 23.6. The summed E-state index contributed by atoms with van der Waals surface area (Å²) in [6, 6.07) is 5.03. The maximum absolute atomic E-state index is 13.7. The molecule has 0 aliphatic carbocycles. The number of ether oxygens (including phenoxy) is 2. The first-order valence-corrected chi connectivity index (χ1v) is 7.35. The largest absolute Gasteiger partial charge is 0.494 e. The Balaban J connectivity index is 1.86. The van der Waals surface area contributed by atoms with Gasteiger partial charge in [0.25, 0.3) is 0 Å². The normalized spacial score (nSPS) is 16.7. The molecule has 1 aromatic rings. The van der Waals surface area contributed by atoms with Crippen LogP contribution < -0.4 is 4.74 Å². The number of likely N-dealkylation sites (tertiary alicyclic amines) is 1. The molecule has 21 heavy (non-hydrogen) atoms. The van der Waals surface area contributed by atoms with Gasteiger partial charge in [-0.3, -0.25) is 9.69 Å². The minimum atomic E-state index is -0.337. The highest BCUT2D eigenvalue weighted by Crippen LogP contribution is 2.22. The predicted octanol–water partition coefficient (Wildman–Crippen LogP) is 2.61. The van der Waals surface area contributed by atoms with Gasteiger partial charge in [0.05, 0.1) is 19.6 Å². The van der Waals surface area contributed by atoms with Gasteiger partial charge in [-0.2, -0.15) is 0 Å². The Morgan fingerprint density at radius 1 is 1.38 bits per heavy atom. The topological polar surface area (TPSA) is 38.8 Å². The Morgan fingerprint density at radius 2 is 2.10 bits per heavy atom. The SMILES string of the molecule is CCOC(=O)C1CCN(Cc2ccc(OC)c(F)c2)CC1. The van der Waals surface area contributed by atoms with Crippen LogP contribution in [0.15, 0.2) is 18.2 Å². The van der Waals surface area contributed by atoms with E-state index in [1.807, 2.05) is 13.0 Å². The summed E-state index contributed by atoms with van der Waals surface area (Å²) in [4.78, 5) is 13.9. The molecule has 1 aliphatic rings. The molecule has 1 fully saturated rings. The molecule has 0 unspecified atom stereocenters. The lowest BCUT2D eigenvalue weighted by Gasteiger charge is -2.30. The molecule has 1 saturated heterocycles. The predicted molar refractivity (Wildman–Crippen MR) is 77.6 cm³/mol. The standard InChI is InChI=1S/C16H22FNO3/c1-3-21-16(19)13-6-8-18(9-7-13)11-12-4-5-15(20-2)14(17)10-12/h4-5,10,13H,3,6-9,11H2,1-2H3. The number of methoxy groups -OCH3 is 1. The summed E-state index contributed by atoms with van der Waals surface area (Å²) in [5.41, 5.74) is 0.919. The molecule has 0 aromatic heterocycles. The van der Waals surface area contributed by atoms with E-state index in [2.05, 4.69) is 4.90 Å². The summed E-state index contributed by atoms with van der Waals surface area (Å²) in [5.74, 6) is -0.155. The smallest absolute Gasteiger partial charge is 0.309 e. The number of halogens is 1. The first-order chi connectivity index (χ1) is 10.1. The van der Waals surface area contributed by atoms with Crippen molar-refractivity contribution >= 4 is 5.97 Å². The van der Waals surface area contributed by atoms with Crippen molar-refractivity contribution in [2.45, 2.75) is 26.3 Å². The Kier molecular flexibility index (Phi) is 5.56. The fourth-order valence-corrected chi connectivity index (χ4v) is 2.65. The number of carbonyl (C=O) groups excluding carboxylic acids is 1. The summed E-state index contributed by atoms with van der Waals surface area (Å²) in [6.45, 7) is 4.61. The summed E-state index contributed by atoms with van der Waals surface area (Å²) in [6.07, 6.45) is 1.61. The van der Waals surface area contributed by atoms with Gasteiger partial charge in [-0.1, -0.05) is 6.07 Å². The van der Waals surface area contributed by atoms with E-state index >= 15 is 0 Å². The molecule has 1 aromatic carbocycles. The lowest BCUT2D eigenvalue weighted by Crippen LogP contribution is -2.36. The average molecular weight is 295 g/mol. The van der Waals surface area contributed by atoms with Gasteiger partial charge in [-0.05, 0) is 50.6 Å². The lowest BCUT2D eigenvalue weighted by atomic mass is 9.96. The third-order valence-corrected chi connectivity index (χ3v) is 3.83. The fraction of sp³-hybridized carbons (Fsp3) is 0.562. The average Bonchev–Trinajstić information content (AvgIpc) is 2.48. The molecule has 0 bridgehead atoms. The van der Waals surface area contributed by atoms with Crippen molar-refractivity contribution in [2.24, 2.45) is 5.92 Å². The number of rotatable bonds is 5. The van der Waals surface area contributed by atoms with Crippen molar-refractivity contribution in [2.75, 3.05) is 26.8 Å². The third kappa shape index (κ3) is 4.17. The number of hydrogen-bond acceptors (Lipinski definition) is 4. The van der Waals surface area contributed by atoms with Crippen LogP contribution in [-0.2, 0) is 16.1 Å². The maximum atomic E-state index is 13.7. The summed E-state index contributed by atoms with van der Waals surface area (Å²) in [5, 5.41) is 0. The van der Waals surface area contributed by atoms with Gasteiger partial charge in [-0.25, -0.2) is 4.39 Å². The van der Waals surface area contributed by atoms with Crippen LogP contribution in [0.2, 0.25) is 0 Å². The molecule has 4 nitrogen and oxygen atoms in total. The number of hydrogen-bond donors (Lipinski definition) is 0. The molecule has 0 spiro atoms. The van der Waals surface area contributed by atoms with Crippen LogP contribution in [0.3, 0.4) is 0 Å². The van der Waals surface area contributed by atoms with Crippen LogP contribution in [0.4, 0.5) is 4.39 Å². The summed E-state index contributed by atoms with van der Waals surface area (Å²) >= 11 is 0. The van der Waals surface area contributed by atoms with E-state index in [-0.39, 0.29) is 23.5 Å². The second-order valence-corrected chi connectivity index (χ2v) is 5.27. The zero-order valence-electron chi connectivity index (χ0n) is 12.6. The number of carbonyl (C=O) groups is 1. The van der Waals surface area contributed by atoms with Crippen LogP contribution in [0.1, 0.15) is 25.3 Å². The second-order valence-electron chi connectivity index (χ2n) is 5.27. The number of piperidine rings is 1. The van der Waals surface area contributed by atoms with Crippen LogP contribution in [0.25, 0.3) is 0 Å². The van der Waals surface area contributed by atoms with Gasteiger partial charge in [-0.15, -0.1) is 0 Å². The molecule has 0 atom stereocenters. The highest BCUT2D eigenvalue weighted by Gasteiger charge is 2.25. The van der Waals surface area contributed by atoms with Crippen LogP contribution in [-0.4, -0.2) is 37.7 Å². The number of benzene rings is 1. The van der Waals surface area contributed by atoms with Gasteiger partial charge in [0.1, 0.15) is 0 Å². The number of esters is 1. The van der Waals surface area contributed by atoms with Crippen molar-refractivity contribution in [3.63, 3.8) is 0 Å². The van der Waals surface area contributed by atoms with E-state index in [0.717, 1.165) is 31.5 Å². The van der Waals surface area contributed by atoms with E-state index in [1.54, 1.807) is 6.07 Å². The van der Waals surface area contributed by atoms with E-state index in [4.69, 9.17) is 9.47 Å². The highest BCUT2D eigenvalue weighted by atomic mass is 19.1. The van der Waals surface area contributed by atoms with Gasteiger partial charge in [0.2, 0.25) is 0 Å². The molecule has 2 rings (SSSR count). The minimum absolute atomic E-state index is 0.00815. The van der Waals surface area contributed by atoms with Gasteiger partial charge in [0, 0.05) is 6.54 Å². The molecule has 0 saturated carbocycles. The first kappa shape index (κ1) is 15.8. The van der Waals surface area contributed by atoms with Crippen LogP contribution in [0, 0.1) is 11.7 Å². The van der Waals surface area contributed by atoms with Gasteiger partial charge in [0.15, 0.2) is 11.6 Å². The molecule has 1 heterocycles. The maximum Gasteiger partial charge on any atom is 0.309 e. The van der Waals surface area contributed by atoms with Gasteiger partial charge < -0.3 is 9.47 Å². The Bertz CT molecular complexity index is 484. The molecule has 116 valence electrons. The first-order valence-electron chi connectivity index (χ1n) is 7.35. The lowest BCUT2D eigenvalue weighted by molar-refractivity contribution is -0.149. The molecule has 0 N–H and O–H groups in total. The molecule has 1 aliphatic heterocycles. The Labute approximate surface area is 124 Å². The molecular formula is C16H22FNO3. The molecule has 5 heteroatoms. The zero-order valence-corrected chi connectivity index (χ0v) is 12.6. The molecular weight excluding hydrogens is 273 g/mol. The quantitative estimate of drug-likeness (QED) is 0.783. The van der Waals surface area contributed by atoms with E-state index in [9.17, 15) is 9.18 Å². The molecule has 0 amide bonds. The van der Waals surface area contributed by atoms with Crippen molar-refractivity contribution in [3.05, 3.63) is 29.6 Å². The second kappa shape index (κ2) is 7.41. The highest BCUT2D eigenvalue weighted by molar-refractivity contribution is 5.72. The van der Waals surface area contributed by atoms with E-state index in [0.29, 0.717) is 13.2 Å². The third-order valence-electron chi connectivity index (χ3n) is 3.83. The van der Waals surface area contributed by atoms with Gasteiger partial charge >= 0.3 is 5.97 Å². The zero-order chi connectivity index (χ0) is 15.2. The Hall–Kier alpha value is -1.62. The van der Waals surface area contributed by atoms with E-state index < -0.39 is 0 Å².